The molecule has 0 aliphatic carbocycles. The van der Waals surface area contributed by atoms with Crippen molar-refractivity contribution in [1.82, 2.24) is 29.5 Å². The van der Waals surface area contributed by atoms with E-state index >= 15 is 0 Å². The molecule has 24 heavy (non-hydrogen) atoms. The molecular weight excluding hydrogens is 306 g/mol. The molecule has 3 aromatic heterocycles. The summed E-state index contributed by atoms with van der Waals surface area (Å²) in [6.45, 7) is 0.504. The molecule has 0 spiro atoms. The molecule has 2 N–H and O–H groups in total. The molecule has 0 unspecified atom stereocenters. The Bertz CT molecular complexity index is 1050. The van der Waals surface area contributed by atoms with Crippen molar-refractivity contribution in [2.75, 3.05) is 5.32 Å². The molecule has 4 aromatic rings. The Kier molecular flexibility index (Phi) is 3.34. The lowest BCUT2D eigenvalue weighted by molar-refractivity contribution is 0.719. The zero-order valence-corrected chi connectivity index (χ0v) is 13.0. The number of aromatic amines is 1. The zero-order chi connectivity index (χ0) is 16.5. The first kappa shape index (κ1) is 14.2. The fraction of sp³-hybridized carbons (Fsp3) is 0.125. The van der Waals surface area contributed by atoms with Gasteiger partial charge in [0.05, 0.1) is 24.1 Å². The lowest BCUT2D eigenvalue weighted by atomic mass is 10.3. The number of fused-ring (bicyclic) bond motifs is 1. The van der Waals surface area contributed by atoms with Crippen molar-refractivity contribution in [3.8, 4) is 5.69 Å². The van der Waals surface area contributed by atoms with Crippen LogP contribution in [-0.4, -0.2) is 29.5 Å². The molecule has 0 saturated heterocycles. The van der Waals surface area contributed by atoms with Crippen molar-refractivity contribution in [2.24, 2.45) is 7.05 Å². The average molecular weight is 321 g/mol. The maximum absolute atomic E-state index is 12.3. The summed E-state index contributed by atoms with van der Waals surface area (Å²) < 4.78 is 3.41. The molecule has 8 nitrogen and oxygen atoms in total. The molecule has 1 aromatic carbocycles. The predicted molar refractivity (Wildman–Crippen MR) is 90.0 cm³/mol. The van der Waals surface area contributed by atoms with E-state index in [0.717, 1.165) is 11.4 Å². The van der Waals surface area contributed by atoms with E-state index in [0.29, 0.717) is 23.5 Å². The molecule has 0 amide bonds. The molecule has 0 aliphatic rings. The van der Waals surface area contributed by atoms with Gasteiger partial charge in [0.25, 0.3) is 5.56 Å². The molecule has 0 atom stereocenters. The Balaban J connectivity index is 1.73. The van der Waals surface area contributed by atoms with E-state index in [2.05, 4.69) is 25.5 Å². The van der Waals surface area contributed by atoms with Gasteiger partial charge < -0.3 is 5.32 Å². The van der Waals surface area contributed by atoms with Crippen LogP contribution in [0.25, 0.3) is 16.7 Å². The van der Waals surface area contributed by atoms with E-state index in [1.165, 1.54) is 6.20 Å². The summed E-state index contributed by atoms with van der Waals surface area (Å²) in [5, 5.41) is 12.0. The van der Waals surface area contributed by atoms with Gasteiger partial charge in [-0.05, 0) is 18.2 Å². The van der Waals surface area contributed by atoms with E-state index in [4.69, 9.17) is 0 Å². The number of benzene rings is 1. The first-order valence-corrected chi connectivity index (χ1v) is 7.46. The van der Waals surface area contributed by atoms with E-state index in [9.17, 15) is 4.79 Å². The Hall–Kier alpha value is -3.42. The fourth-order valence-corrected chi connectivity index (χ4v) is 2.51. The number of aromatic nitrogens is 6. The van der Waals surface area contributed by atoms with Crippen molar-refractivity contribution in [1.29, 1.82) is 0 Å². The molecule has 3 heterocycles. The third-order valence-electron chi connectivity index (χ3n) is 3.80. The van der Waals surface area contributed by atoms with Crippen LogP contribution >= 0.6 is 0 Å². The van der Waals surface area contributed by atoms with Crippen LogP contribution in [0, 0.1) is 0 Å². The largest absolute Gasteiger partial charge is 0.350 e. The van der Waals surface area contributed by atoms with Crippen molar-refractivity contribution >= 4 is 17.0 Å². The normalized spacial score (nSPS) is 11.0. The summed E-state index contributed by atoms with van der Waals surface area (Å²) >= 11 is 0. The van der Waals surface area contributed by atoms with Crippen LogP contribution in [0.15, 0.2) is 53.6 Å². The molecule has 4 rings (SSSR count). The minimum Gasteiger partial charge on any atom is -0.350 e. The summed E-state index contributed by atoms with van der Waals surface area (Å²) in [6.07, 6.45) is 3.25. The third kappa shape index (κ3) is 2.43. The van der Waals surface area contributed by atoms with Gasteiger partial charge in [-0.2, -0.15) is 15.2 Å². The number of hydrogen-bond acceptors (Lipinski definition) is 5. The quantitative estimate of drug-likeness (QED) is 0.593. The van der Waals surface area contributed by atoms with Gasteiger partial charge in [-0.25, -0.2) is 4.68 Å². The first-order valence-electron chi connectivity index (χ1n) is 7.46. The van der Waals surface area contributed by atoms with Gasteiger partial charge in [0.15, 0.2) is 5.65 Å². The van der Waals surface area contributed by atoms with Gasteiger partial charge in [-0.3, -0.25) is 14.5 Å². The number of aryl methyl sites for hydroxylation is 1. The highest BCUT2D eigenvalue weighted by Crippen LogP contribution is 2.14. The molecule has 120 valence electrons. The summed E-state index contributed by atoms with van der Waals surface area (Å²) in [6, 6.07) is 11.5. The van der Waals surface area contributed by atoms with Crippen LogP contribution in [0.2, 0.25) is 0 Å². The number of nitrogens with zero attached hydrogens (tertiary/aromatic N) is 5. The second-order valence-corrected chi connectivity index (χ2v) is 5.34. The lowest BCUT2D eigenvalue weighted by Crippen LogP contribution is -2.14. The second-order valence-electron chi connectivity index (χ2n) is 5.34. The van der Waals surface area contributed by atoms with Gasteiger partial charge in [0.2, 0.25) is 5.95 Å². The summed E-state index contributed by atoms with van der Waals surface area (Å²) in [5.74, 6) is 0.395. The number of rotatable bonds is 4. The second kappa shape index (κ2) is 5.65. The van der Waals surface area contributed by atoms with Crippen molar-refractivity contribution in [3.63, 3.8) is 0 Å². The summed E-state index contributed by atoms with van der Waals surface area (Å²) in [7, 11) is 1.86. The Morgan fingerprint density at radius 2 is 2.00 bits per heavy atom. The van der Waals surface area contributed by atoms with E-state index in [1.807, 2.05) is 43.4 Å². The number of H-pyrrole nitrogens is 1. The highest BCUT2D eigenvalue weighted by molar-refractivity contribution is 5.76. The van der Waals surface area contributed by atoms with Crippen molar-refractivity contribution in [3.05, 3.63) is 64.8 Å². The molecule has 0 radical (unpaired) electrons. The Morgan fingerprint density at radius 1 is 1.17 bits per heavy atom. The van der Waals surface area contributed by atoms with Crippen LogP contribution in [-0.2, 0) is 13.6 Å². The van der Waals surface area contributed by atoms with Crippen LogP contribution < -0.4 is 10.9 Å². The topological polar surface area (TPSA) is 93.4 Å². The smallest absolute Gasteiger partial charge is 0.263 e. The number of anilines is 1. The monoisotopic (exact) mass is 321 g/mol. The molecule has 0 aliphatic heterocycles. The van der Waals surface area contributed by atoms with Gasteiger partial charge in [0, 0.05) is 13.2 Å². The van der Waals surface area contributed by atoms with Gasteiger partial charge in [-0.15, -0.1) is 0 Å². The molecule has 8 heteroatoms. The maximum atomic E-state index is 12.3. The Morgan fingerprint density at radius 3 is 2.75 bits per heavy atom. The first-order chi connectivity index (χ1) is 11.7. The molecule has 0 fully saturated rings. The van der Waals surface area contributed by atoms with Crippen LogP contribution in [0.3, 0.4) is 0 Å². The van der Waals surface area contributed by atoms with E-state index < -0.39 is 0 Å². The van der Waals surface area contributed by atoms with Crippen LogP contribution in [0.5, 0.6) is 0 Å². The van der Waals surface area contributed by atoms with E-state index in [-0.39, 0.29) is 5.56 Å². The molecular formula is C16H15N7O. The Labute approximate surface area is 136 Å². The van der Waals surface area contributed by atoms with Crippen LogP contribution in [0.1, 0.15) is 5.69 Å². The van der Waals surface area contributed by atoms with E-state index in [1.54, 1.807) is 15.6 Å². The predicted octanol–water partition coefficient (Wildman–Crippen LogP) is 1.45. The number of para-hydroxylation sites is 1. The minimum absolute atomic E-state index is 0.227. The summed E-state index contributed by atoms with van der Waals surface area (Å²) in [5.41, 5.74) is 2.12. The maximum Gasteiger partial charge on any atom is 0.263 e. The lowest BCUT2D eigenvalue weighted by Gasteiger charge is -2.07. The zero-order valence-electron chi connectivity index (χ0n) is 13.0. The highest BCUT2D eigenvalue weighted by atomic mass is 16.1. The van der Waals surface area contributed by atoms with Crippen molar-refractivity contribution < 1.29 is 0 Å². The molecule has 0 bridgehead atoms. The van der Waals surface area contributed by atoms with Gasteiger partial charge in [-0.1, -0.05) is 18.2 Å². The fourth-order valence-electron chi connectivity index (χ4n) is 2.51. The SMILES string of the molecule is Cn1nccc1CNc1nc2c(cnn2-c2ccccc2)c(=O)[nH]1. The minimum atomic E-state index is -0.227. The number of nitrogens with one attached hydrogen (secondary N) is 2. The van der Waals surface area contributed by atoms with Gasteiger partial charge >= 0.3 is 0 Å². The summed E-state index contributed by atoms with van der Waals surface area (Å²) in [4.78, 5) is 19.5. The molecule has 0 saturated carbocycles. The standard InChI is InChI=1S/C16H15N7O/c1-22-12(7-8-18-22)9-17-16-20-14-13(15(24)21-16)10-19-23(14)11-5-3-2-4-6-11/h2-8,10H,9H2,1H3,(H2,17,20,21,24). The average Bonchev–Trinajstić information content (AvgIpc) is 3.20. The number of hydrogen-bond donors (Lipinski definition) is 2. The van der Waals surface area contributed by atoms with Gasteiger partial charge in [0.1, 0.15) is 5.39 Å². The van der Waals surface area contributed by atoms with Crippen molar-refractivity contribution in [2.45, 2.75) is 6.54 Å². The third-order valence-corrected chi connectivity index (χ3v) is 3.80. The highest BCUT2D eigenvalue weighted by Gasteiger charge is 2.11. The van der Waals surface area contributed by atoms with Crippen LogP contribution in [0.4, 0.5) is 5.95 Å².